The predicted molar refractivity (Wildman–Crippen MR) is 96.8 cm³/mol. The van der Waals surface area contributed by atoms with E-state index in [1.165, 1.54) is 7.05 Å². The second-order valence-electron chi connectivity index (χ2n) is 4.12. The van der Waals surface area contributed by atoms with Gasteiger partial charge in [0.05, 0.1) is 6.04 Å². The number of hydrogen-bond donors (Lipinski definition) is 3. The van der Waals surface area contributed by atoms with Crippen LogP contribution in [-0.2, 0) is 19.2 Å². The van der Waals surface area contributed by atoms with Crippen LogP contribution in [0.2, 0.25) is 0 Å². The van der Waals surface area contributed by atoms with Crippen LogP contribution in [0.1, 0.15) is 12.8 Å². The summed E-state index contributed by atoms with van der Waals surface area (Å²) < 4.78 is 0. The third-order valence-electron chi connectivity index (χ3n) is 2.35. The lowest BCUT2D eigenvalue weighted by molar-refractivity contribution is -0.137. The molecule has 12 nitrogen and oxygen atoms in total. The minimum Gasteiger partial charge on any atom is -0.353 e. The molecule has 2 N–H and O–H groups in total. The zero-order valence-electron chi connectivity index (χ0n) is 13.5. The van der Waals surface area contributed by atoms with Crippen LogP contribution in [0.3, 0.4) is 0 Å². The van der Waals surface area contributed by atoms with Gasteiger partial charge in [-0.25, -0.2) is 0 Å². The number of nitrogens with zero attached hydrogens (tertiary/aromatic N) is 6. The van der Waals surface area contributed by atoms with Gasteiger partial charge >= 0.3 is 0 Å². The second kappa shape index (κ2) is 16.5. The molecule has 0 spiro atoms. The van der Waals surface area contributed by atoms with Crippen molar-refractivity contribution in [3.05, 3.63) is 20.9 Å². The van der Waals surface area contributed by atoms with Crippen LogP contribution in [0.25, 0.3) is 20.9 Å². The molecule has 25 heavy (non-hydrogen) atoms. The van der Waals surface area contributed by atoms with Gasteiger partial charge in [0, 0.05) is 48.6 Å². The highest BCUT2D eigenvalue weighted by atomic mass is 32.1. The van der Waals surface area contributed by atoms with Gasteiger partial charge in [-0.3, -0.25) is 19.2 Å². The summed E-state index contributed by atoms with van der Waals surface area (Å²) in [4.78, 5) is 48.1. The van der Waals surface area contributed by atoms with Crippen LogP contribution in [0, 0.1) is 0 Å². The number of nitrogens with one attached hydrogen (secondary N) is 2. The number of carbonyl (C=O) groups is 4. The molecule has 0 aromatic rings. The van der Waals surface area contributed by atoms with Crippen molar-refractivity contribution in [1.29, 1.82) is 0 Å². The van der Waals surface area contributed by atoms with E-state index in [-0.39, 0.29) is 43.1 Å². The molecule has 0 heterocycles. The molecule has 0 radical (unpaired) electrons. The van der Waals surface area contributed by atoms with Gasteiger partial charge in [0.25, 0.3) is 5.91 Å². The second-order valence-corrected chi connectivity index (χ2v) is 5.05. The number of thiol groups is 1. The highest BCUT2D eigenvalue weighted by Crippen LogP contribution is 1.97. The van der Waals surface area contributed by atoms with Gasteiger partial charge in [-0.05, 0) is 11.1 Å². The van der Waals surface area contributed by atoms with E-state index in [4.69, 9.17) is 11.1 Å². The fourth-order valence-corrected chi connectivity index (χ4v) is 1.79. The highest BCUT2D eigenvalue weighted by molar-refractivity contribution is 7.80. The monoisotopic (exact) mass is 390 g/mol. The fourth-order valence-electron chi connectivity index (χ4n) is 1.12. The van der Waals surface area contributed by atoms with Crippen molar-refractivity contribution >= 4 is 45.0 Å². The van der Waals surface area contributed by atoms with Crippen LogP contribution in [0.4, 0.5) is 0 Å². The summed E-state index contributed by atoms with van der Waals surface area (Å²) in [6, 6.07) is -0.595. The van der Waals surface area contributed by atoms with E-state index in [0.717, 1.165) is 0 Å². The van der Waals surface area contributed by atoms with E-state index >= 15 is 0 Å². The number of azide groups is 2. The van der Waals surface area contributed by atoms with Crippen molar-refractivity contribution in [3.63, 3.8) is 0 Å². The molecule has 0 aliphatic carbocycles. The summed E-state index contributed by atoms with van der Waals surface area (Å²) in [5, 5.41) is 10.9. The Bertz CT molecular complexity index is 574. The Balaban J connectivity index is 0. The Morgan fingerprint density at radius 3 is 2.04 bits per heavy atom. The summed E-state index contributed by atoms with van der Waals surface area (Å²) in [5.41, 5.74) is 15.5. The summed E-state index contributed by atoms with van der Waals surface area (Å²) in [7, 11) is 3.35. The quantitative estimate of drug-likeness (QED) is 0.122. The first kappa shape index (κ1) is 24.9. The molecule has 2 amide bonds. The molecule has 0 saturated carbocycles. The van der Waals surface area contributed by atoms with E-state index < -0.39 is 17.7 Å². The van der Waals surface area contributed by atoms with Crippen molar-refractivity contribution in [2.45, 2.75) is 18.9 Å². The van der Waals surface area contributed by atoms with Crippen molar-refractivity contribution < 1.29 is 19.2 Å². The summed E-state index contributed by atoms with van der Waals surface area (Å²) in [5.74, 6) is -1.31. The topological polar surface area (TPSA) is 190 Å². The summed E-state index contributed by atoms with van der Waals surface area (Å²) in [6.07, 6.45) is 0.0377. The minimum atomic E-state index is -0.655. The maximum atomic E-state index is 11.1. The van der Waals surface area contributed by atoms with Crippen LogP contribution in [0.5, 0.6) is 0 Å². The van der Waals surface area contributed by atoms with Crippen molar-refractivity contribution in [3.8, 4) is 0 Å². The first-order valence-electron chi connectivity index (χ1n) is 6.80. The van der Waals surface area contributed by atoms with E-state index in [1.807, 2.05) is 9.24 Å². The number of hydrogen-bond acceptors (Lipinski definition) is 7. The molecule has 0 fully saturated rings. The molecule has 0 aliphatic heterocycles. The molecule has 14 heteroatoms. The van der Waals surface area contributed by atoms with Crippen LogP contribution < -0.4 is 10.6 Å². The first-order chi connectivity index (χ1) is 11.8. The smallest absolute Gasteiger partial charge is 0.287 e. The number of ketones is 1. The van der Waals surface area contributed by atoms with Crippen LogP contribution in [-0.4, -0.2) is 55.1 Å². The first-order valence-corrected chi connectivity index (χ1v) is 8.01. The van der Waals surface area contributed by atoms with Gasteiger partial charge in [-0.2, -0.15) is 12.6 Å². The Morgan fingerprint density at radius 1 is 1.12 bits per heavy atom. The zero-order valence-corrected chi connectivity index (χ0v) is 15.5. The lowest BCUT2D eigenvalue weighted by atomic mass is 10.3. The Kier molecular flexibility index (Phi) is 16.5. The molecule has 0 aromatic heterocycles. The molecule has 0 saturated heterocycles. The van der Waals surface area contributed by atoms with Gasteiger partial charge < -0.3 is 10.6 Å². The molecule has 0 aromatic carbocycles. The Labute approximate surface area is 151 Å². The molecule has 2 atom stereocenters. The lowest BCUT2D eigenvalue weighted by Gasteiger charge is -2.12. The van der Waals surface area contributed by atoms with Gasteiger partial charge in [-0.1, -0.05) is 19.5 Å². The third-order valence-corrected chi connectivity index (χ3v) is 3.11. The van der Waals surface area contributed by atoms with Gasteiger partial charge in [-0.15, -0.1) is 0 Å². The van der Waals surface area contributed by atoms with Crippen molar-refractivity contribution in [1.82, 2.24) is 10.6 Å². The molecule has 0 rings (SSSR count). The molecule has 0 aliphatic rings. The average molecular weight is 390 g/mol. The molecular weight excluding hydrogens is 371 g/mol. The van der Waals surface area contributed by atoms with Crippen LogP contribution >= 0.6 is 21.9 Å². The fraction of sp³-hybridized carbons (Fsp3) is 0.636. The maximum Gasteiger partial charge on any atom is 0.287 e. The molecular formula is C11H19N8O4PS. The number of likely N-dealkylation sites (N-methyl/N-ethyl adjacent to an activating group) is 1. The summed E-state index contributed by atoms with van der Waals surface area (Å²) in [6.45, 7) is 0.120. The van der Waals surface area contributed by atoms with Crippen molar-refractivity contribution in [2.24, 2.45) is 10.2 Å². The molecule has 138 valence electrons. The Hall–Kier alpha value is -2.32. The molecule has 0 bridgehead atoms. The average Bonchev–Trinajstić information content (AvgIpc) is 2.59. The van der Waals surface area contributed by atoms with Crippen molar-refractivity contribution in [2.75, 3.05) is 25.9 Å². The number of rotatable bonds is 10. The maximum absolute atomic E-state index is 11.1. The predicted octanol–water partition coefficient (Wildman–Crippen LogP) is 0.505. The molecule has 2 unspecified atom stereocenters. The zero-order chi connectivity index (χ0) is 19.7. The van der Waals surface area contributed by atoms with E-state index in [9.17, 15) is 19.2 Å². The third kappa shape index (κ3) is 15.0. The SMILES string of the molecule is CNC(=O)C(=O)CCN=[N+]=[N-].[N-]=[N+]=NCCC(=O)NC(CS)C(=O)P. The lowest BCUT2D eigenvalue weighted by Crippen LogP contribution is -2.40. The van der Waals surface area contributed by atoms with Crippen LogP contribution in [0.15, 0.2) is 10.2 Å². The minimum absolute atomic E-state index is 0.0305. The van der Waals surface area contributed by atoms with Gasteiger partial charge in [0.1, 0.15) is 0 Å². The standard InChI is InChI=1S/C6H11N4O2PS.C5H8N4O2/c7-10-8-2-1-5(11)9-4(3-14)6(12)13;1-7-5(11)4(10)2-3-8-9-6/h4,14H,1-3,13H2,(H,9,11);2-3H2,1H3,(H,7,11). The van der Waals surface area contributed by atoms with Gasteiger partial charge in [0.15, 0.2) is 5.52 Å². The normalized spacial score (nSPS) is 9.88. The Morgan fingerprint density at radius 2 is 1.64 bits per heavy atom. The van der Waals surface area contributed by atoms with Gasteiger partial charge in [0.2, 0.25) is 11.7 Å². The number of amides is 2. The largest absolute Gasteiger partial charge is 0.353 e. The van der Waals surface area contributed by atoms with E-state index in [1.54, 1.807) is 0 Å². The highest BCUT2D eigenvalue weighted by Gasteiger charge is 2.14. The van der Waals surface area contributed by atoms with E-state index in [0.29, 0.717) is 0 Å². The number of carbonyl (C=O) groups excluding carboxylic acids is 4. The van der Waals surface area contributed by atoms with E-state index in [2.05, 4.69) is 43.3 Å². The number of Topliss-reactive ketones (excluding diaryl/α,β-unsaturated/α-hetero) is 1. The summed E-state index contributed by atoms with van der Waals surface area (Å²) >= 11 is 3.91.